The van der Waals surface area contributed by atoms with Gasteiger partial charge in [0.25, 0.3) is 5.91 Å². The van der Waals surface area contributed by atoms with Gasteiger partial charge in [0.2, 0.25) is 0 Å². The topological polar surface area (TPSA) is 49.3 Å². The van der Waals surface area contributed by atoms with Gasteiger partial charge in [0.15, 0.2) is 17.5 Å². The van der Waals surface area contributed by atoms with Crippen molar-refractivity contribution in [3.63, 3.8) is 0 Å². The van der Waals surface area contributed by atoms with Crippen LogP contribution in [0.2, 0.25) is 0 Å². The van der Waals surface area contributed by atoms with Crippen LogP contribution >= 0.6 is 0 Å². The fraction of sp³-hybridized carbons (Fsp3) is 0.300. The van der Waals surface area contributed by atoms with Crippen molar-refractivity contribution in [1.29, 1.82) is 0 Å². The summed E-state index contributed by atoms with van der Waals surface area (Å²) in [7, 11) is 0. The quantitative estimate of drug-likeness (QED) is 0.771. The molecule has 88 valence electrons. The Balaban J connectivity index is 2.97. The van der Waals surface area contributed by atoms with Gasteiger partial charge in [-0.25, -0.2) is 13.2 Å². The van der Waals surface area contributed by atoms with Gasteiger partial charge in [-0.05, 0) is 19.1 Å². The molecule has 0 saturated carbocycles. The summed E-state index contributed by atoms with van der Waals surface area (Å²) in [5, 5.41) is 10.9. The second kappa shape index (κ2) is 4.98. The number of hydrogen-bond acceptors (Lipinski definition) is 2. The lowest BCUT2D eigenvalue weighted by Gasteiger charge is -2.11. The summed E-state index contributed by atoms with van der Waals surface area (Å²) in [4.78, 5) is 11.3. The van der Waals surface area contributed by atoms with Crippen molar-refractivity contribution in [1.82, 2.24) is 5.32 Å². The predicted molar refractivity (Wildman–Crippen MR) is 50.3 cm³/mol. The predicted octanol–water partition coefficient (Wildman–Crippen LogP) is 1.21. The van der Waals surface area contributed by atoms with Crippen LogP contribution in [0, 0.1) is 17.5 Å². The Kier molecular flexibility index (Phi) is 3.89. The number of aliphatic hydroxyl groups excluding tert-OH is 1. The summed E-state index contributed by atoms with van der Waals surface area (Å²) in [6.45, 7) is 1.15. The first-order valence-electron chi connectivity index (χ1n) is 4.52. The molecular formula is C10H10F3NO2. The monoisotopic (exact) mass is 233 g/mol. The zero-order valence-corrected chi connectivity index (χ0v) is 8.43. The first kappa shape index (κ1) is 12.5. The molecule has 0 saturated heterocycles. The van der Waals surface area contributed by atoms with Crippen molar-refractivity contribution in [2.45, 2.75) is 13.0 Å². The van der Waals surface area contributed by atoms with Gasteiger partial charge in [-0.3, -0.25) is 4.79 Å². The molecule has 16 heavy (non-hydrogen) atoms. The summed E-state index contributed by atoms with van der Waals surface area (Å²) >= 11 is 0. The Morgan fingerprint density at radius 1 is 1.38 bits per heavy atom. The number of amides is 1. The maximum absolute atomic E-state index is 13.1. The zero-order chi connectivity index (χ0) is 12.3. The van der Waals surface area contributed by atoms with Crippen LogP contribution in [-0.2, 0) is 0 Å². The number of aliphatic hydroxyl groups is 1. The van der Waals surface area contributed by atoms with E-state index in [0.29, 0.717) is 6.07 Å². The van der Waals surface area contributed by atoms with Crippen molar-refractivity contribution in [3.8, 4) is 0 Å². The van der Waals surface area contributed by atoms with Gasteiger partial charge >= 0.3 is 0 Å². The van der Waals surface area contributed by atoms with E-state index in [0.717, 1.165) is 6.07 Å². The van der Waals surface area contributed by atoms with Crippen LogP contribution in [0.3, 0.4) is 0 Å². The van der Waals surface area contributed by atoms with E-state index in [9.17, 15) is 18.0 Å². The molecule has 2 N–H and O–H groups in total. The molecule has 0 aliphatic rings. The minimum atomic E-state index is -1.69. The first-order valence-corrected chi connectivity index (χ1v) is 4.52. The normalized spacial score (nSPS) is 12.3. The second-order valence-corrected chi connectivity index (χ2v) is 3.28. The number of hydrogen-bond donors (Lipinski definition) is 2. The maximum atomic E-state index is 13.1. The van der Waals surface area contributed by atoms with Gasteiger partial charge in [0, 0.05) is 6.04 Å². The Morgan fingerprint density at radius 3 is 2.56 bits per heavy atom. The minimum absolute atomic E-state index is 0.336. The Hall–Kier alpha value is -1.56. The number of benzene rings is 1. The Morgan fingerprint density at radius 2 is 2.00 bits per heavy atom. The SMILES string of the molecule is C[C@H](CO)NC(=O)c1ccc(F)c(F)c1F. The van der Waals surface area contributed by atoms with Gasteiger partial charge in [-0.15, -0.1) is 0 Å². The van der Waals surface area contributed by atoms with Crippen molar-refractivity contribution in [2.75, 3.05) is 6.61 Å². The van der Waals surface area contributed by atoms with E-state index in [-0.39, 0.29) is 6.61 Å². The highest BCUT2D eigenvalue weighted by Crippen LogP contribution is 2.15. The van der Waals surface area contributed by atoms with Gasteiger partial charge in [0.05, 0.1) is 12.2 Å². The Bertz CT molecular complexity index is 409. The third-order valence-corrected chi connectivity index (χ3v) is 1.93. The number of nitrogens with one attached hydrogen (secondary N) is 1. The van der Waals surface area contributed by atoms with Crippen molar-refractivity contribution in [2.24, 2.45) is 0 Å². The van der Waals surface area contributed by atoms with E-state index in [4.69, 9.17) is 5.11 Å². The third kappa shape index (κ3) is 2.52. The summed E-state index contributed by atoms with van der Waals surface area (Å²) in [5.74, 6) is -5.49. The fourth-order valence-electron chi connectivity index (χ4n) is 1.05. The van der Waals surface area contributed by atoms with E-state index < -0.39 is 35.0 Å². The van der Waals surface area contributed by atoms with E-state index >= 15 is 0 Å². The summed E-state index contributed by atoms with van der Waals surface area (Å²) in [6.07, 6.45) is 0. The highest BCUT2D eigenvalue weighted by atomic mass is 19.2. The standard InChI is InChI=1S/C10H10F3NO2/c1-5(4-15)14-10(16)6-2-3-7(11)9(13)8(6)12/h2-3,5,15H,4H2,1H3,(H,14,16)/t5-/m1/s1. The van der Waals surface area contributed by atoms with Crippen molar-refractivity contribution in [3.05, 3.63) is 35.1 Å². The molecule has 0 aromatic heterocycles. The first-order chi connectivity index (χ1) is 7.47. The average Bonchev–Trinajstić information content (AvgIpc) is 2.25. The summed E-state index contributed by atoms with van der Waals surface area (Å²) in [6, 6.07) is 0.907. The smallest absolute Gasteiger partial charge is 0.254 e. The van der Waals surface area contributed by atoms with E-state index in [2.05, 4.69) is 5.32 Å². The van der Waals surface area contributed by atoms with Crippen LogP contribution in [0.5, 0.6) is 0 Å². The Labute approximate surface area is 89.9 Å². The average molecular weight is 233 g/mol. The molecule has 0 aliphatic carbocycles. The van der Waals surface area contributed by atoms with Crippen LogP contribution in [-0.4, -0.2) is 23.7 Å². The molecule has 1 amide bonds. The molecule has 0 spiro atoms. The lowest BCUT2D eigenvalue weighted by atomic mass is 10.1. The summed E-state index contributed by atoms with van der Waals surface area (Å²) in [5.41, 5.74) is -0.598. The van der Waals surface area contributed by atoms with Crippen LogP contribution < -0.4 is 5.32 Å². The molecule has 3 nitrogen and oxygen atoms in total. The molecule has 1 rings (SSSR count). The molecule has 0 aliphatic heterocycles. The van der Waals surface area contributed by atoms with Crippen LogP contribution in [0.4, 0.5) is 13.2 Å². The molecular weight excluding hydrogens is 223 g/mol. The molecule has 0 heterocycles. The molecule has 0 unspecified atom stereocenters. The minimum Gasteiger partial charge on any atom is -0.394 e. The highest BCUT2D eigenvalue weighted by Gasteiger charge is 2.19. The lowest BCUT2D eigenvalue weighted by molar-refractivity contribution is 0.0917. The van der Waals surface area contributed by atoms with Crippen LogP contribution in [0.15, 0.2) is 12.1 Å². The number of rotatable bonds is 3. The zero-order valence-electron chi connectivity index (χ0n) is 8.43. The molecule has 0 radical (unpaired) electrons. The second-order valence-electron chi connectivity index (χ2n) is 3.28. The van der Waals surface area contributed by atoms with E-state index in [1.165, 1.54) is 6.92 Å². The number of halogens is 3. The third-order valence-electron chi connectivity index (χ3n) is 1.93. The molecule has 0 fully saturated rings. The number of carbonyl (C=O) groups is 1. The highest BCUT2D eigenvalue weighted by molar-refractivity contribution is 5.94. The van der Waals surface area contributed by atoms with Crippen LogP contribution in [0.1, 0.15) is 17.3 Å². The molecule has 6 heteroatoms. The van der Waals surface area contributed by atoms with Gasteiger partial charge in [-0.2, -0.15) is 0 Å². The van der Waals surface area contributed by atoms with Gasteiger partial charge in [0.1, 0.15) is 0 Å². The maximum Gasteiger partial charge on any atom is 0.254 e. The van der Waals surface area contributed by atoms with Crippen molar-refractivity contribution < 1.29 is 23.1 Å². The fourth-order valence-corrected chi connectivity index (χ4v) is 1.05. The van der Waals surface area contributed by atoms with E-state index in [1.807, 2.05) is 0 Å². The number of carbonyl (C=O) groups excluding carboxylic acids is 1. The van der Waals surface area contributed by atoms with Gasteiger partial charge in [-0.1, -0.05) is 0 Å². The summed E-state index contributed by atoms with van der Waals surface area (Å²) < 4.78 is 38.5. The molecule has 0 bridgehead atoms. The van der Waals surface area contributed by atoms with Gasteiger partial charge < -0.3 is 10.4 Å². The molecule has 1 aromatic carbocycles. The van der Waals surface area contributed by atoms with E-state index in [1.54, 1.807) is 0 Å². The van der Waals surface area contributed by atoms with Crippen LogP contribution in [0.25, 0.3) is 0 Å². The lowest BCUT2D eigenvalue weighted by Crippen LogP contribution is -2.35. The van der Waals surface area contributed by atoms with Crippen molar-refractivity contribution >= 4 is 5.91 Å². The molecule has 1 atom stereocenters. The largest absolute Gasteiger partial charge is 0.394 e. The molecule has 1 aromatic rings.